The van der Waals surface area contributed by atoms with E-state index in [4.69, 9.17) is 0 Å². The molecule has 0 fully saturated rings. The molecule has 0 aliphatic heterocycles. The van der Waals surface area contributed by atoms with Gasteiger partial charge < -0.3 is 4.90 Å². The summed E-state index contributed by atoms with van der Waals surface area (Å²) in [6.45, 7) is 0. The molecule has 9 rings (SSSR count). The smallest absolute Gasteiger partial charge is 0.0540 e. The first-order valence-electron chi connectivity index (χ1n) is 17.5. The highest BCUT2D eigenvalue weighted by atomic mass is 15.1. The molecule has 9 aromatic carbocycles. The summed E-state index contributed by atoms with van der Waals surface area (Å²) in [6.07, 6.45) is 0. The predicted octanol–water partition coefficient (Wildman–Crippen LogP) is 14.1. The topological polar surface area (TPSA) is 3.24 Å². The van der Waals surface area contributed by atoms with Gasteiger partial charge in [0.05, 0.1) is 5.69 Å². The maximum absolute atomic E-state index is 2.40. The maximum Gasteiger partial charge on any atom is 0.0540 e. The van der Waals surface area contributed by atoms with Gasteiger partial charge in [-0.25, -0.2) is 0 Å². The summed E-state index contributed by atoms with van der Waals surface area (Å²) in [5, 5.41) is 5.03. The third-order valence-electron chi connectivity index (χ3n) is 9.83. The molecule has 0 amide bonds. The zero-order valence-corrected chi connectivity index (χ0v) is 28.2. The standard InChI is InChI=1S/C50H35N/c1-5-18-36(19-6-1)43-28-15-16-31-48(43)51(41-25-11-4-12-26-41)42-27-17-24-39(34-42)40-32-33-45-44-29-13-14-30-46(44)49(37-20-7-2-8-21-37)50(47(45)35-40)38-22-9-3-10-23-38/h1-35H. The third kappa shape index (κ3) is 5.65. The van der Waals surface area contributed by atoms with Crippen molar-refractivity contribution in [1.82, 2.24) is 0 Å². The van der Waals surface area contributed by atoms with Gasteiger partial charge >= 0.3 is 0 Å². The largest absolute Gasteiger partial charge is 0.310 e. The van der Waals surface area contributed by atoms with Gasteiger partial charge in [-0.3, -0.25) is 0 Å². The van der Waals surface area contributed by atoms with E-state index in [9.17, 15) is 0 Å². The van der Waals surface area contributed by atoms with Crippen LogP contribution in [-0.2, 0) is 0 Å². The van der Waals surface area contributed by atoms with E-state index in [2.05, 4.69) is 217 Å². The lowest BCUT2D eigenvalue weighted by molar-refractivity contribution is 1.28. The highest BCUT2D eigenvalue weighted by Gasteiger charge is 2.20. The number of hydrogen-bond acceptors (Lipinski definition) is 1. The van der Waals surface area contributed by atoms with Crippen molar-refractivity contribution in [2.75, 3.05) is 4.90 Å². The summed E-state index contributed by atoms with van der Waals surface area (Å²) in [7, 11) is 0. The van der Waals surface area contributed by atoms with Crippen LogP contribution in [0.15, 0.2) is 212 Å². The Morgan fingerprint density at radius 2 is 0.725 bits per heavy atom. The van der Waals surface area contributed by atoms with E-state index in [0.717, 1.165) is 17.1 Å². The Hall–Kier alpha value is -6.70. The zero-order valence-electron chi connectivity index (χ0n) is 28.2. The number of para-hydroxylation sites is 2. The number of nitrogens with zero attached hydrogens (tertiary/aromatic N) is 1. The summed E-state index contributed by atoms with van der Waals surface area (Å²) in [6, 6.07) is 76.6. The van der Waals surface area contributed by atoms with Crippen LogP contribution in [0.3, 0.4) is 0 Å². The van der Waals surface area contributed by atoms with Crippen LogP contribution in [0.2, 0.25) is 0 Å². The molecule has 240 valence electrons. The Kier molecular flexibility index (Phi) is 7.92. The van der Waals surface area contributed by atoms with E-state index in [0.29, 0.717) is 0 Å². The molecule has 0 heterocycles. The van der Waals surface area contributed by atoms with Crippen LogP contribution in [0.4, 0.5) is 17.1 Å². The number of hydrogen-bond donors (Lipinski definition) is 0. The van der Waals surface area contributed by atoms with Gasteiger partial charge in [0.2, 0.25) is 0 Å². The van der Waals surface area contributed by atoms with Crippen molar-refractivity contribution < 1.29 is 0 Å². The van der Waals surface area contributed by atoms with E-state index in [1.807, 2.05) is 0 Å². The molecule has 1 nitrogen and oxygen atoms in total. The van der Waals surface area contributed by atoms with E-state index in [1.165, 1.54) is 66.1 Å². The van der Waals surface area contributed by atoms with E-state index >= 15 is 0 Å². The first-order valence-corrected chi connectivity index (χ1v) is 17.5. The van der Waals surface area contributed by atoms with Crippen molar-refractivity contribution in [3.05, 3.63) is 212 Å². The van der Waals surface area contributed by atoms with Crippen LogP contribution in [-0.4, -0.2) is 0 Å². The molecule has 0 N–H and O–H groups in total. The summed E-state index contributed by atoms with van der Waals surface area (Å²) in [5.74, 6) is 0. The number of fused-ring (bicyclic) bond motifs is 3. The van der Waals surface area contributed by atoms with Gasteiger partial charge in [-0.15, -0.1) is 0 Å². The number of benzene rings is 9. The van der Waals surface area contributed by atoms with Crippen molar-refractivity contribution >= 4 is 38.6 Å². The Balaban J connectivity index is 1.27. The lowest BCUT2D eigenvalue weighted by Crippen LogP contribution is -2.11. The summed E-state index contributed by atoms with van der Waals surface area (Å²) in [5.41, 5.74) is 13.0. The molecule has 0 saturated carbocycles. The van der Waals surface area contributed by atoms with Crippen LogP contribution >= 0.6 is 0 Å². The lowest BCUT2D eigenvalue weighted by atomic mass is 9.84. The van der Waals surface area contributed by atoms with Gasteiger partial charge in [-0.05, 0) is 96.9 Å². The molecule has 0 unspecified atom stereocenters. The highest BCUT2D eigenvalue weighted by molar-refractivity contribution is 6.22. The molecule has 0 saturated heterocycles. The van der Waals surface area contributed by atoms with Crippen LogP contribution < -0.4 is 4.90 Å². The Morgan fingerprint density at radius 3 is 1.41 bits per heavy atom. The minimum atomic E-state index is 1.11. The SMILES string of the molecule is c1ccc(-c2ccccc2N(c2ccccc2)c2cccc(-c3ccc4c(c3)c(-c3ccccc3)c(-c3ccccc3)c3ccccc34)c2)cc1. The first kappa shape index (κ1) is 30.4. The van der Waals surface area contributed by atoms with Crippen LogP contribution in [0, 0.1) is 0 Å². The van der Waals surface area contributed by atoms with E-state index in [1.54, 1.807) is 0 Å². The average molecular weight is 650 g/mol. The minimum absolute atomic E-state index is 1.11. The van der Waals surface area contributed by atoms with Crippen molar-refractivity contribution in [1.29, 1.82) is 0 Å². The predicted molar refractivity (Wildman–Crippen MR) is 218 cm³/mol. The molecular formula is C50H35N. The summed E-state index contributed by atoms with van der Waals surface area (Å²) < 4.78 is 0. The molecular weight excluding hydrogens is 615 g/mol. The second-order valence-electron chi connectivity index (χ2n) is 12.9. The van der Waals surface area contributed by atoms with Crippen molar-refractivity contribution in [2.24, 2.45) is 0 Å². The van der Waals surface area contributed by atoms with Crippen LogP contribution in [0.1, 0.15) is 0 Å². The molecule has 0 aliphatic rings. The average Bonchev–Trinajstić information content (AvgIpc) is 3.22. The van der Waals surface area contributed by atoms with Crippen LogP contribution in [0.5, 0.6) is 0 Å². The van der Waals surface area contributed by atoms with Crippen LogP contribution in [0.25, 0.3) is 66.1 Å². The van der Waals surface area contributed by atoms with Gasteiger partial charge in [0.1, 0.15) is 0 Å². The second kappa shape index (κ2) is 13.3. The van der Waals surface area contributed by atoms with Gasteiger partial charge in [-0.2, -0.15) is 0 Å². The quantitative estimate of drug-likeness (QED) is 0.155. The lowest BCUT2D eigenvalue weighted by Gasteiger charge is -2.28. The molecule has 0 spiro atoms. The number of rotatable bonds is 7. The highest BCUT2D eigenvalue weighted by Crippen LogP contribution is 2.46. The molecule has 9 aromatic rings. The second-order valence-corrected chi connectivity index (χ2v) is 12.9. The fourth-order valence-electron chi connectivity index (χ4n) is 7.54. The van der Waals surface area contributed by atoms with E-state index < -0.39 is 0 Å². The van der Waals surface area contributed by atoms with Gasteiger partial charge in [0, 0.05) is 16.9 Å². The molecule has 0 atom stereocenters. The van der Waals surface area contributed by atoms with Crippen molar-refractivity contribution in [3.8, 4) is 44.5 Å². The Labute approximate surface area is 299 Å². The normalized spacial score (nSPS) is 11.1. The molecule has 0 bridgehead atoms. The van der Waals surface area contributed by atoms with E-state index in [-0.39, 0.29) is 0 Å². The summed E-state index contributed by atoms with van der Waals surface area (Å²) in [4.78, 5) is 2.38. The van der Waals surface area contributed by atoms with Gasteiger partial charge in [0.15, 0.2) is 0 Å². The molecule has 0 aliphatic carbocycles. The monoisotopic (exact) mass is 649 g/mol. The zero-order chi connectivity index (χ0) is 34.0. The fourth-order valence-corrected chi connectivity index (χ4v) is 7.54. The molecule has 0 radical (unpaired) electrons. The van der Waals surface area contributed by atoms with Crippen molar-refractivity contribution in [3.63, 3.8) is 0 Å². The summed E-state index contributed by atoms with van der Waals surface area (Å²) >= 11 is 0. The first-order chi connectivity index (χ1) is 25.3. The Morgan fingerprint density at radius 1 is 0.255 bits per heavy atom. The number of anilines is 3. The van der Waals surface area contributed by atoms with Crippen molar-refractivity contribution in [2.45, 2.75) is 0 Å². The molecule has 0 aromatic heterocycles. The minimum Gasteiger partial charge on any atom is -0.310 e. The third-order valence-corrected chi connectivity index (χ3v) is 9.83. The molecule has 51 heavy (non-hydrogen) atoms. The van der Waals surface area contributed by atoms with Gasteiger partial charge in [0.25, 0.3) is 0 Å². The molecule has 1 heteroatoms. The van der Waals surface area contributed by atoms with Gasteiger partial charge in [-0.1, -0.05) is 176 Å². The fraction of sp³-hybridized carbons (Fsp3) is 0. The Bertz CT molecular complexity index is 2610. The maximum atomic E-state index is 2.40.